The number of unbranched alkanes of at least 4 members (excludes halogenated alkanes) is 2. The SMILES string of the molecule is CC[C@@]1(O)C(=O)OCc2c1cc1n(c2=O)Cc2c-1nc1cc(F)c(C)c3c1c2[C@@H](NC(=O)C(C)(C)CCNC(=O)CNC(=O)[C@H](Cc1ccccc1)NC(=O)CNC(=O)CNC(=O)[C@H](CC(=O)O)NC(=O)CCCCCN1C(=O)C=CC1O)CC3. The van der Waals surface area contributed by atoms with E-state index in [2.05, 4.69) is 37.2 Å². The van der Waals surface area contributed by atoms with Gasteiger partial charge in [0.25, 0.3) is 5.56 Å². The molecule has 452 valence electrons. The number of carboxylic acids is 1. The molecule has 10 N–H and O–H groups in total. The van der Waals surface area contributed by atoms with Gasteiger partial charge in [-0.25, -0.2) is 14.2 Å². The molecule has 8 amide bonds. The van der Waals surface area contributed by atoms with E-state index in [1.807, 2.05) is 0 Å². The van der Waals surface area contributed by atoms with Crippen LogP contribution in [0.1, 0.15) is 117 Å². The van der Waals surface area contributed by atoms with Gasteiger partial charge in [0.1, 0.15) is 30.7 Å². The quantitative estimate of drug-likeness (QED) is 0.0266. The van der Waals surface area contributed by atoms with Crippen molar-refractivity contribution in [3.05, 3.63) is 110 Å². The molecule has 0 saturated carbocycles. The van der Waals surface area contributed by atoms with E-state index in [-0.39, 0.29) is 74.9 Å². The van der Waals surface area contributed by atoms with Crippen LogP contribution in [0, 0.1) is 18.2 Å². The number of carbonyl (C=O) groups excluding carboxylic acids is 9. The lowest BCUT2D eigenvalue weighted by molar-refractivity contribution is -0.172. The number of cyclic esters (lactones) is 1. The fraction of sp³-hybridized carbons (Fsp3) is 0.458. The first kappa shape index (κ1) is 62.1. The minimum Gasteiger partial charge on any atom is -0.481 e. The molecule has 26 heteroatoms. The summed E-state index contributed by atoms with van der Waals surface area (Å²) in [5.74, 6) is -8.05. The van der Waals surface area contributed by atoms with Gasteiger partial charge < -0.3 is 66.7 Å². The molecule has 2 aromatic carbocycles. The average Bonchev–Trinajstić information content (AvgIpc) is 1.67. The molecule has 0 bridgehead atoms. The number of aliphatic carboxylic acids is 1. The minimum absolute atomic E-state index is 0.00508. The predicted octanol–water partition coefficient (Wildman–Crippen LogP) is 0.476. The second-order valence-corrected chi connectivity index (χ2v) is 22.2. The van der Waals surface area contributed by atoms with Crippen molar-refractivity contribution in [2.24, 2.45) is 5.41 Å². The Hall–Kier alpha value is -8.91. The summed E-state index contributed by atoms with van der Waals surface area (Å²) in [6.45, 7) is 4.81. The van der Waals surface area contributed by atoms with Crippen LogP contribution in [-0.2, 0) is 84.3 Å². The van der Waals surface area contributed by atoms with Gasteiger partial charge in [-0.3, -0.25) is 47.9 Å². The van der Waals surface area contributed by atoms with E-state index < -0.39 is 120 Å². The van der Waals surface area contributed by atoms with Crippen molar-refractivity contribution in [1.82, 2.24) is 51.7 Å². The monoisotopic (exact) mass is 1180 g/mol. The summed E-state index contributed by atoms with van der Waals surface area (Å²) in [6, 6.07) is 8.15. The lowest BCUT2D eigenvalue weighted by atomic mass is 9.80. The summed E-state index contributed by atoms with van der Waals surface area (Å²) < 4.78 is 22.2. The highest BCUT2D eigenvalue weighted by molar-refractivity contribution is 5.96. The van der Waals surface area contributed by atoms with E-state index in [0.29, 0.717) is 76.6 Å². The zero-order valence-corrected chi connectivity index (χ0v) is 47.5. The number of hydrogen-bond acceptors (Lipinski definition) is 15. The van der Waals surface area contributed by atoms with Crippen LogP contribution in [0.15, 0.2) is 59.4 Å². The molecule has 85 heavy (non-hydrogen) atoms. The molecule has 4 aliphatic rings. The zero-order valence-electron chi connectivity index (χ0n) is 47.5. The van der Waals surface area contributed by atoms with Gasteiger partial charge in [0.2, 0.25) is 47.3 Å². The molecule has 1 aliphatic carbocycles. The topological polar surface area (TPSA) is 363 Å². The zero-order chi connectivity index (χ0) is 61.5. The first-order valence-electron chi connectivity index (χ1n) is 28.1. The Morgan fingerprint density at radius 3 is 2.22 bits per heavy atom. The summed E-state index contributed by atoms with van der Waals surface area (Å²) in [4.78, 5) is 149. The molecular weight excluding hydrogens is 1110 g/mol. The summed E-state index contributed by atoms with van der Waals surface area (Å²) in [6.07, 6.45) is 2.91. The van der Waals surface area contributed by atoms with E-state index in [1.54, 1.807) is 64.1 Å². The second kappa shape index (κ2) is 26.3. The Labute approximate surface area is 486 Å². The highest BCUT2D eigenvalue weighted by Crippen LogP contribution is 2.46. The van der Waals surface area contributed by atoms with Gasteiger partial charge in [0.05, 0.1) is 61.1 Å². The summed E-state index contributed by atoms with van der Waals surface area (Å²) in [5, 5.41) is 49.1. The second-order valence-electron chi connectivity index (χ2n) is 22.2. The van der Waals surface area contributed by atoms with E-state index in [4.69, 9.17) is 9.72 Å². The molecule has 3 aliphatic heterocycles. The Morgan fingerprint density at radius 1 is 0.859 bits per heavy atom. The highest BCUT2D eigenvalue weighted by atomic mass is 19.1. The number of halogens is 1. The number of hydrogen-bond donors (Lipinski definition) is 10. The Morgan fingerprint density at radius 2 is 1.54 bits per heavy atom. The van der Waals surface area contributed by atoms with E-state index in [0.717, 1.165) is 5.56 Å². The van der Waals surface area contributed by atoms with Gasteiger partial charge in [-0.15, -0.1) is 0 Å². The van der Waals surface area contributed by atoms with Crippen LogP contribution in [0.4, 0.5) is 4.39 Å². The summed E-state index contributed by atoms with van der Waals surface area (Å²) in [7, 11) is 0. The summed E-state index contributed by atoms with van der Waals surface area (Å²) in [5.41, 5.74) is 0.768. The van der Waals surface area contributed by atoms with Crippen LogP contribution >= 0.6 is 0 Å². The van der Waals surface area contributed by atoms with Crippen molar-refractivity contribution in [1.29, 1.82) is 0 Å². The smallest absolute Gasteiger partial charge is 0.343 e. The molecule has 2 aromatic heterocycles. The third kappa shape index (κ3) is 14.0. The number of aryl methyl sites for hydroxylation is 1. The van der Waals surface area contributed by atoms with Crippen LogP contribution in [0.3, 0.4) is 0 Å². The number of amides is 8. The van der Waals surface area contributed by atoms with Crippen molar-refractivity contribution in [2.75, 3.05) is 32.7 Å². The molecule has 0 spiro atoms. The van der Waals surface area contributed by atoms with Gasteiger partial charge in [-0.05, 0) is 79.8 Å². The number of fused-ring (bicyclic) bond motifs is 5. The molecule has 5 atom stereocenters. The Kier molecular flexibility index (Phi) is 19.3. The third-order valence-corrected chi connectivity index (χ3v) is 15.9. The average molecular weight is 1180 g/mol. The normalized spacial score (nSPS) is 18.0. The number of esters is 1. The van der Waals surface area contributed by atoms with Crippen molar-refractivity contribution in [3.8, 4) is 11.4 Å². The maximum atomic E-state index is 15.5. The molecule has 0 saturated heterocycles. The van der Waals surface area contributed by atoms with E-state index >= 15 is 4.39 Å². The maximum Gasteiger partial charge on any atom is 0.343 e. The predicted molar refractivity (Wildman–Crippen MR) is 300 cm³/mol. The molecule has 0 fully saturated rings. The molecule has 1 unspecified atom stereocenters. The van der Waals surface area contributed by atoms with Gasteiger partial charge >= 0.3 is 11.9 Å². The number of carboxylic acid groups (broad SMARTS) is 1. The largest absolute Gasteiger partial charge is 0.481 e. The van der Waals surface area contributed by atoms with Crippen molar-refractivity contribution >= 4 is 70.1 Å². The van der Waals surface area contributed by atoms with E-state index in [9.17, 15) is 68.1 Å². The van der Waals surface area contributed by atoms with Crippen molar-refractivity contribution in [3.63, 3.8) is 0 Å². The number of ether oxygens (including phenoxy) is 1. The molecule has 4 aromatic rings. The van der Waals surface area contributed by atoms with Gasteiger partial charge in [-0.2, -0.15) is 0 Å². The third-order valence-electron chi connectivity index (χ3n) is 15.9. The molecule has 5 heterocycles. The Balaban J connectivity index is 0.818. The van der Waals surface area contributed by atoms with Crippen LogP contribution < -0.4 is 42.8 Å². The fourth-order valence-corrected chi connectivity index (χ4v) is 11.0. The highest BCUT2D eigenvalue weighted by Gasteiger charge is 2.46. The van der Waals surface area contributed by atoms with Crippen molar-refractivity contribution in [2.45, 2.75) is 135 Å². The lowest BCUT2D eigenvalue weighted by Crippen LogP contribution is -2.53. The number of nitrogens with one attached hydrogen (secondary N) is 7. The van der Waals surface area contributed by atoms with Crippen LogP contribution in [0.25, 0.3) is 22.3 Å². The number of carbonyl (C=O) groups is 10. The Bertz CT molecular complexity index is 3460. The molecule has 25 nitrogen and oxygen atoms in total. The number of rotatable bonds is 26. The lowest BCUT2D eigenvalue weighted by Gasteiger charge is -2.33. The van der Waals surface area contributed by atoms with Crippen LogP contribution in [0.5, 0.6) is 0 Å². The first-order valence-corrected chi connectivity index (χ1v) is 28.1. The number of pyridine rings is 2. The molecular formula is C59H69FN10O15. The molecule has 8 rings (SSSR count). The number of aliphatic hydroxyl groups excluding tert-OH is 1. The van der Waals surface area contributed by atoms with Crippen LogP contribution in [0.2, 0.25) is 0 Å². The standard InChI is InChI=1S/C59H69FN10O15/c1-5-59(84)36-23-42-52-34(29-70(42)55(81)35(36)30-85-57(59)83)51-38(16-15-33-31(2)37(60)24-39(67-52)50(33)51)68-56(82)58(3,4)19-20-61-44(72)26-63-53(79)40(22-32-12-8-6-9-13-32)66-46(74)28-62-45(73)27-64-54(80)41(25-49(77)78)65-43(71)14-10-7-11-21-69-47(75)17-18-48(69)76/h6,8-9,12-13,17-18,23-24,38,40-41,47,75,84H,5,7,10-11,14-16,19-22,25-30H2,1-4H3,(H,61,72)(H,62,73)(H,63,79)(H,64,80)(H,65,71)(H,66,74)(H,68,82)(H,77,78)/t38-,40-,41-,47?,59-/m0/s1. The first-order chi connectivity index (χ1) is 40.4. The van der Waals surface area contributed by atoms with E-state index in [1.165, 1.54) is 27.7 Å². The number of benzene rings is 2. The van der Waals surface area contributed by atoms with Crippen molar-refractivity contribution < 1.29 is 72.4 Å². The molecule has 0 radical (unpaired) electrons. The van der Waals surface area contributed by atoms with Crippen LogP contribution in [-0.4, -0.2) is 140 Å². The summed E-state index contributed by atoms with van der Waals surface area (Å²) >= 11 is 0. The number of aliphatic hydroxyl groups is 2. The van der Waals surface area contributed by atoms with Gasteiger partial charge in [0, 0.05) is 60.0 Å². The maximum absolute atomic E-state index is 15.5. The van der Waals surface area contributed by atoms with Gasteiger partial charge in [0.15, 0.2) is 5.60 Å². The fourth-order valence-electron chi connectivity index (χ4n) is 11.0. The number of aromatic nitrogens is 2. The number of nitrogens with zero attached hydrogens (tertiary/aromatic N) is 3. The minimum atomic E-state index is -2.06. The van der Waals surface area contributed by atoms with Gasteiger partial charge in [-0.1, -0.05) is 57.5 Å².